The molecule has 0 heterocycles. The lowest BCUT2D eigenvalue weighted by Crippen LogP contribution is -2.16. The highest BCUT2D eigenvalue weighted by Gasteiger charge is 2.12. The van der Waals surface area contributed by atoms with E-state index in [-0.39, 0.29) is 5.97 Å². The molecule has 11 heavy (non-hydrogen) atoms. The Morgan fingerprint density at radius 1 is 1.82 bits per heavy atom. The van der Waals surface area contributed by atoms with Crippen molar-refractivity contribution < 1.29 is 9.53 Å². The monoisotopic (exact) mass is 153 g/mol. The standard InChI is InChI=1S/C8H11NO2/c1-4-8(6(2)5-9)11-7(3)10/h8H,2,4H2,1,3H3. The molecule has 0 aromatic heterocycles. The molecule has 0 aromatic carbocycles. The zero-order valence-electron chi connectivity index (χ0n) is 6.76. The quantitative estimate of drug-likeness (QED) is 0.455. The molecular weight excluding hydrogens is 142 g/mol. The van der Waals surface area contributed by atoms with Crippen molar-refractivity contribution in [2.45, 2.75) is 26.4 Å². The summed E-state index contributed by atoms with van der Waals surface area (Å²) in [6, 6.07) is 1.85. The Kier molecular flexibility index (Phi) is 3.97. The topological polar surface area (TPSA) is 50.1 Å². The lowest BCUT2D eigenvalue weighted by Gasteiger charge is -2.11. The van der Waals surface area contributed by atoms with Gasteiger partial charge in [-0.15, -0.1) is 0 Å². The summed E-state index contributed by atoms with van der Waals surface area (Å²) in [5, 5.41) is 8.41. The average Bonchev–Trinajstić information content (AvgIpc) is 1.98. The van der Waals surface area contributed by atoms with Gasteiger partial charge in [-0.3, -0.25) is 4.79 Å². The molecular formula is C8H11NO2. The molecule has 0 aliphatic rings. The molecule has 0 amide bonds. The number of carbonyl (C=O) groups is 1. The van der Waals surface area contributed by atoms with Crippen LogP contribution in [0.1, 0.15) is 20.3 Å². The molecule has 0 aliphatic heterocycles. The van der Waals surface area contributed by atoms with Crippen molar-refractivity contribution in [1.82, 2.24) is 0 Å². The van der Waals surface area contributed by atoms with Gasteiger partial charge in [0.05, 0.1) is 11.6 Å². The van der Waals surface area contributed by atoms with Gasteiger partial charge in [0.15, 0.2) is 0 Å². The average molecular weight is 153 g/mol. The van der Waals surface area contributed by atoms with Crippen LogP contribution in [0.2, 0.25) is 0 Å². The Morgan fingerprint density at radius 2 is 2.36 bits per heavy atom. The smallest absolute Gasteiger partial charge is 0.303 e. The van der Waals surface area contributed by atoms with E-state index in [0.29, 0.717) is 12.0 Å². The van der Waals surface area contributed by atoms with Crippen molar-refractivity contribution in [3.63, 3.8) is 0 Å². The summed E-state index contributed by atoms with van der Waals surface area (Å²) in [7, 11) is 0. The van der Waals surface area contributed by atoms with Gasteiger partial charge in [0.1, 0.15) is 6.10 Å². The lowest BCUT2D eigenvalue weighted by molar-refractivity contribution is -0.144. The van der Waals surface area contributed by atoms with Crippen LogP contribution in [0.25, 0.3) is 0 Å². The number of nitriles is 1. The fraction of sp³-hybridized carbons (Fsp3) is 0.500. The molecule has 0 saturated carbocycles. The lowest BCUT2D eigenvalue weighted by atomic mass is 10.1. The van der Waals surface area contributed by atoms with Gasteiger partial charge in [0, 0.05) is 6.92 Å². The SMILES string of the molecule is C=C(C#N)C(CC)OC(C)=O. The van der Waals surface area contributed by atoms with Gasteiger partial charge >= 0.3 is 5.97 Å². The zero-order valence-corrected chi connectivity index (χ0v) is 6.76. The first kappa shape index (κ1) is 9.70. The van der Waals surface area contributed by atoms with E-state index < -0.39 is 6.10 Å². The third-order valence-corrected chi connectivity index (χ3v) is 1.21. The first-order chi connectivity index (χ1) is 5.11. The zero-order chi connectivity index (χ0) is 8.85. The third kappa shape index (κ3) is 3.41. The fourth-order valence-corrected chi connectivity index (χ4v) is 0.673. The van der Waals surface area contributed by atoms with E-state index in [1.807, 2.05) is 13.0 Å². The summed E-state index contributed by atoms with van der Waals surface area (Å²) in [5.74, 6) is -0.381. The number of nitrogens with zero attached hydrogens (tertiary/aromatic N) is 1. The largest absolute Gasteiger partial charge is 0.457 e. The van der Waals surface area contributed by atoms with Gasteiger partial charge in [-0.2, -0.15) is 5.26 Å². The number of hydrogen-bond donors (Lipinski definition) is 0. The maximum absolute atomic E-state index is 10.5. The van der Waals surface area contributed by atoms with Crippen molar-refractivity contribution in [1.29, 1.82) is 5.26 Å². The second-order valence-electron chi connectivity index (χ2n) is 2.14. The van der Waals surface area contributed by atoms with E-state index in [1.165, 1.54) is 6.92 Å². The molecule has 0 bridgehead atoms. The molecule has 0 spiro atoms. The second kappa shape index (κ2) is 4.51. The van der Waals surface area contributed by atoms with Crippen molar-refractivity contribution in [2.24, 2.45) is 0 Å². The first-order valence-corrected chi connectivity index (χ1v) is 3.38. The minimum Gasteiger partial charge on any atom is -0.457 e. The highest BCUT2D eigenvalue weighted by Crippen LogP contribution is 2.07. The van der Waals surface area contributed by atoms with E-state index >= 15 is 0 Å². The maximum atomic E-state index is 10.5. The van der Waals surface area contributed by atoms with E-state index in [0.717, 1.165) is 0 Å². The van der Waals surface area contributed by atoms with Crippen LogP contribution in [0.4, 0.5) is 0 Å². The van der Waals surface area contributed by atoms with Crippen molar-refractivity contribution >= 4 is 5.97 Å². The van der Waals surface area contributed by atoms with Crippen LogP contribution >= 0.6 is 0 Å². The van der Waals surface area contributed by atoms with Crippen LogP contribution in [-0.2, 0) is 9.53 Å². The summed E-state index contributed by atoms with van der Waals surface area (Å²) in [4.78, 5) is 10.5. The van der Waals surface area contributed by atoms with Gasteiger partial charge in [0.2, 0.25) is 0 Å². The Labute approximate surface area is 66.3 Å². The van der Waals surface area contributed by atoms with Crippen LogP contribution in [0.15, 0.2) is 12.2 Å². The van der Waals surface area contributed by atoms with E-state index in [9.17, 15) is 4.79 Å². The van der Waals surface area contributed by atoms with Crippen molar-refractivity contribution in [2.75, 3.05) is 0 Å². The Balaban J connectivity index is 4.08. The molecule has 0 N–H and O–H groups in total. The molecule has 0 rings (SSSR count). The Bertz CT molecular complexity index is 203. The molecule has 0 aromatic rings. The molecule has 3 heteroatoms. The summed E-state index contributed by atoms with van der Waals surface area (Å²) >= 11 is 0. The Hall–Kier alpha value is -1.30. The molecule has 1 atom stereocenters. The number of esters is 1. The van der Waals surface area contributed by atoms with Crippen molar-refractivity contribution in [3.05, 3.63) is 12.2 Å². The van der Waals surface area contributed by atoms with E-state index in [2.05, 4.69) is 6.58 Å². The van der Waals surface area contributed by atoms with Crippen LogP contribution < -0.4 is 0 Å². The molecule has 60 valence electrons. The Morgan fingerprint density at radius 3 is 2.64 bits per heavy atom. The summed E-state index contributed by atoms with van der Waals surface area (Å²) in [5.41, 5.74) is 0.294. The van der Waals surface area contributed by atoms with Crippen molar-refractivity contribution in [3.8, 4) is 6.07 Å². The molecule has 1 unspecified atom stereocenters. The van der Waals surface area contributed by atoms with E-state index in [4.69, 9.17) is 10.00 Å². The summed E-state index contributed by atoms with van der Waals surface area (Å²) in [6.07, 6.45) is 0.142. The van der Waals surface area contributed by atoms with Gasteiger partial charge in [-0.1, -0.05) is 13.5 Å². The highest BCUT2D eigenvalue weighted by molar-refractivity contribution is 5.66. The van der Waals surface area contributed by atoms with Crippen LogP contribution in [0.3, 0.4) is 0 Å². The van der Waals surface area contributed by atoms with Gasteiger partial charge in [0.25, 0.3) is 0 Å². The van der Waals surface area contributed by atoms with Crippen LogP contribution in [0, 0.1) is 11.3 Å². The number of carbonyl (C=O) groups excluding carboxylic acids is 1. The van der Waals surface area contributed by atoms with E-state index in [1.54, 1.807) is 0 Å². The number of rotatable bonds is 3. The molecule has 0 radical (unpaired) electrons. The molecule has 0 aliphatic carbocycles. The molecule has 3 nitrogen and oxygen atoms in total. The first-order valence-electron chi connectivity index (χ1n) is 3.38. The van der Waals surface area contributed by atoms with Crippen LogP contribution in [-0.4, -0.2) is 12.1 Å². The summed E-state index contributed by atoms with van der Waals surface area (Å²) in [6.45, 7) is 6.60. The number of hydrogen-bond acceptors (Lipinski definition) is 3. The minimum atomic E-state index is -0.447. The molecule has 0 fully saturated rings. The summed E-state index contributed by atoms with van der Waals surface area (Å²) < 4.78 is 4.79. The minimum absolute atomic E-state index is 0.294. The fourth-order valence-electron chi connectivity index (χ4n) is 0.673. The predicted octanol–water partition coefficient (Wildman–Crippen LogP) is 1.41. The van der Waals surface area contributed by atoms with Gasteiger partial charge in [-0.05, 0) is 6.42 Å². The number of ether oxygens (including phenoxy) is 1. The van der Waals surface area contributed by atoms with Gasteiger partial charge in [-0.25, -0.2) is 0 Å². The predicted molar refractivity (Wildman–Crippen MR) is 40.6 cm³/mol. The highest BCUT2D eigenvalue weighted by atomic mass is 16.5. The third-order valence-electron chi connectivity index (χ3n) is 1.21. The normalized spacial score (nSPS) is 11.4. The second-order valence-corrected chi connectivity index (χ2v) is 2.14. The maximum Gasteiger partial charge on any atom is 0.303 e. The molecule has 0 saturated heterocycles. The van der Waals surface area contributed by atoms with Gasteiger partial charge < -0.3 is 4.74 Å². The van der Waals surface area contributed by atoms with Crippen LogP contribution in [0.5, 0.6) is 0 Å².